The van der Waals surface area contributed by atoms with Crippen molar-refractivity contribution < 1.29 is 8.42 Å². The highest BCUT2D eigenvalue weighted by Gasteiger charge is 2.27. The molecule has 0 bridgehead atoms. The first-order valence-electron chi connectivity index (χ1n) is 6.80. The van der Waals surface area contributed by atoms with E-state index in [0.29, 0.717) is 29.2 Å². The van der Waals surface area contributed by atoms with E-state index in [1.807, 2.05) is 13.0 Å². The van der Waals surface area contributed by atoms with Gasteiger partial charge in [-0.25, -0.2) is 8.42 Å². The molecular formula is C14H22N2O2S. The summed E-state index contributed by atoms with van der Waals surface area (Å²) in [7, 11) is -3.41. The Morgan fingerprint density at radius 1 is 1.05 bits per heavy atom. The maximum Gasteiger partial charge on any atom is 0.243 e. The number of sulfonamides is 1. The summed E-state index contributed by atoms with van der Waals surface area (Å²) in [5.41, 5.74) is 7.99. The Labute approximate surface area is 115 Å². The Morgan fingerprint density at radius 3 is 2.21 bits per heavy atom. The number of benzene rings is 1. The Balaban J connectivity index is 2.44. The first-order chi connectivity index (χ1) is 8.93. The van der Waals surface area contributed by atoms with E-state index in [9.17, 15) is 8.42 Å². The second kappa shape index (κ2) is 5.51. The number of anilines is 1. The largest absolute Gasteiger partial charge is 0.398 e. The zero-order valence-electron chi connectivity index (χ0n) is 11.6. The number of aryl methyl sites for hydroxylation is 1. The molecule has 0 atom stereocenters. The molecule has 1 fully saturated rings. The van der Waals surface area contributed by atoms with Gasteiger partial charge in [0.2, 0.25) is 10.0 Å². The summed E-state index contributed by atoms with van der Waals surface area (Å²) in [5.74, 6) is 0. The third kappa shape index (κ3) is 2.92. The Kier molecular flexibility index (Phi) is 4.16. The number of nitrogens with zero attached hydrogens (tertiary/aromatic N) is 1. The van der Waals surface area contributed by atoms with Crippen molar-refractivity contribution in [3.63, 3.8) is 0 Å². The lowest BCUT2D eigenvalue weighted by Crippen LogP contribution is -2.32. The standard InChI is InChI=1S/C14H22N2O2S/c1-11-9-13(15)12(2)14(10-11)19(17,18)16-7-5-3-4-6-8-16/h9-10H,3-8,15H2,1-2H3. The smallest absolute Gasteiger partial charge is 0.243 e. The molecule has 1 saturated heterocycles. The van der Waals surface area contributed by atoms with Crippen molar-refractivity contribution in [2.75, 3.05) is 18.8 Å². The minimum Gasteiger partial charge on any atom is -0.398 e. The van der Waals surface area contributed by atoms with Crippen LogP contribution in [0.4, 0.5) is 5.69 Å². The molecule has 0 amide bonds. The second-order valence-electron chi connectivity index (χ2n) is 5.30. The van der Waals surface area contributed by atoms with Gasteiger partial charge >= 0.3 is 0 Å². The average Bonchev–Trinajstić information content (AvgIpc) is 2.62. The van der Waals surface area contributed by atoms with Crippen LogP contribution in [0.1, 0.15) is 36.8 Å². The average molecular weight is 282 g/mol. The van der Waals surface area contributed by atoms with Gasteiger partial charge in [-0.3, -0.25) is 0 Å². The molecule has 106 valence electrons. The van der Waals surface area contributed by atoms with E-state index in [0.717, 1.165) is 31.2 Å². The van der Waals surface area contributed by atoms with Crippen LogP contribution in [0.3, 0.4) is 0 Å². The van der Waals surface area contributed by atoms with Crippen molar-refractivity contribution in [3.05, 3.63) is 23.3 Å². The molecule has 4 nitrogen and oxygen atoms in total. The first kappa shape index (κ1) is 14.3. The van der Waals surface area contributed by atoms with Gasteiger partial charge in [0.25, 0.3) is 0 Å². The fourth-order valence-electron chi connectivity index (χ4n) is 2.54. The van der Waals surface area contributed by atoms with Gasteiger partial charge in [-0.2, -0.15) is 4.31 Å². The van der Waals surface area contributed by atoms with Crippen LogP contribution in [0.2, 0.25) is 0 Å². The predicted molar refractivity (Wildman–Crippen MR) is 77.6 cm³/mol. The van der Waals surface area contributed by atoms with Crippen molar-refractivity contribution in [2.24, 2.45) is 0 Å². The number of hydrogen-bond donors (Lipinski definition) is 1. The van der Waals surface area contributed by atoms with Crippen molar-refractivity contribution in [3.8, 4) is 0 Å². The molecule has 19 heavy (non-hydrogen) atoms. The molecule has 1 heterocycles. The molecule has 1 aromatic carbocycles. The maximum atomic E-state index is 12.7. The van der Waals surface area contributed by atoms with Crippen molar-refractivity contribution in [2.45, 2.75) is 44.4 Å². The lowest BCUT2D eigenvalue weighted by Gasteiger charge is -2.22. The summed E-state index contributed by atoms with van der Waals surface area (Å²) in [6.07, 6.45) is 4.11. The van der Waals surface area contributed by atoms with Crippen LogP contribution in [-0.2, 0) is 10.0 Å². The summed E-state index contributed by atoms with van der Waals surface area (Å²) in [4.78, 5) is 0.368. The lowest BCUT2D eigenvalue weighted by molar-refractivity contribution is 0.423. The molecule has 0 spiro atoms. The molecule has 5 heteroatoms. The zero-order valence-corrected chi connectivity index (χ0v) is 12.5. The molecule has 2 rings (SSSR count). The molecule has 1 aromatic rings. The third-order valence-corrected chi connectivity index (χ3v) is 5.75. The minimum absolute atomic E-state index is 0.368. The van der Waals surface area contributed by atoms with Crippen LogP contribution in [0.5, 0.6) is 0 Å². The maximum absolute atomic E-state index is 12.7. The highest BCUT2D eigenvalue weighted by Crippen LogP contribution is 2.27. The van der Waals surface area contributed by atoms with Crippen LogP contribution in [0.15, 0.2) is 17.0 Å². The molecule has 0 unspecified atom stereocenters. The van der Waals surface area contributed by atoms with Gasteiger partial charge in [-0.1, -0.05) is 12.8 Å². The van der Waals surface area contributed by atoms with Crippen LogP contribution in [-0.4, -0.2) is 25.8 Å². The molecule has 1 aliphatic heterocycles. The molecule has 0 radical (unpaired) electrons. The highest BCUT2D eigenvalue weighted by atomic mass is 32.2. The number of nitrogen functional groups attached to an aromatic ring is 1. The summed E-state index contributed by atoms with van der Waals surface area (Å²) in [6.45, 7) is 4.89. The molecule has 1 aliphatic rings. The molecule has 0 saturated carbocycles. The third-order valence-electron chi connectivity index (χ3n) is 3.73. The monoisotopic (exact) mass is 282 g/mol. The van der Waals surface area contributed by atoms with Gasteiger partial charge in [0.05, 0.1) is 4.90 Å². The SMILES string of the molecule is Cc1cc(N)c(C)c(S(=O)(=O)N2CCCCCC2)c1. The van der Waals surface area contributed by atoms with Gasteiger partial charge < -0.3 is 5.73 Å². The molecule has 2 N–H and O–H groups in total. The van der Waals surface area contributed by atoms with Gasteiger partial charge in [-0.15, -0.1) is 0 Å². The van der Waals surface area contributed by atoms with E-state index in [4.69, 9.17) is 5.73 Å². The Bertz CT molecular complexity index is 559. The van der Waals surface area contributed by atoms with E-state index in [1.54, 1.807) is 17.3 Å². The van der Waals surface area contributed by atoms with Crippen molar-refractivity contribution in [1.82, 2.24) is 4.31 Å². The van der Waals surface area contributed by atoms with Gasteiger partial charge in [-0.05, 0) is 49.9 Å². The van der Waals surface area contributed by atoms with E-state index < -0.39 is 10.0 Å². The van der Waals surface area contributed by atoms with Crippen molar-refractivity contribution >= 4 is 15.7 Å². The topological polar surface area (TPSA) is 63.4 Å². The molecule has 0 aliphatic carbocycles. The fourth-order valence-corrected chi connectivity index (χ4v) is 4.40. The fraction of sp³-hybridized carbons (Fsp3) is 0.571. The lowest BCUT2D eigenvalue weighted by atomic mass is 10.1. The van der Waals surface area contributed by atoms with Gasteiger partial charge in [0.15, 0.2) is 0 Å². The Morgan fingerprint density at radius 2 is 1.63 bits per heavy atom. The van der Waals surface area contributed by atoms with E-state index in [1.165, 1.54) is 0 Å². The number of nitrogens with two attached hydrogens (primary N) is 1. The van der Waals surface area contributed by atoms with Crippen LogP contribution in [0.25, 0.3) is 0 Å². The minimum atomic E-state index is -3.41. The predicted octanol–water partition coefficient (Wildman–Crippen LogP) is 2.45. The quantitative estimate of drug-likeness (QED) is 0.847. The highest BCUT2D eigenvalue weighted by molar-refractivity contribution is 7.89. The zero-order chi connectivity index (χ0) is 14.0. The normalized spacial score (nSPS) is 18.2. The van der Waals surface area contributed by atoms with Crippen LogP contribution < -0.4 is 5.73 Å². The summed E-state index contributed by atoms with van der Waals surface area (Å²) < 4.78 is 27.1. The summed E-state index contributed by atoms with van der Waals surface area (Å²) >= 11 is 0. The number of hydrogen-bond acceptors (Lipinski definition) is 3. The molecule has 0 aromatic heterocycles. The van der Waals surface area contributed by atoms with E-state index >= 15 is 0 Å². The summed E-state index contributed by atoms with van der Waals surface area (Å²) in [6, 6.07) is 3.54. The van der Waals surface area contributed by atoms with Crippen LogP contribution in [0, 0.1) is 13.8 Å². The van der Waals surface area contributed by atoms with Crippen LogP contribution >= 0.6 is 0 Å². The first-order valence-corrected chi connectivity index (χ1v) is 8.24. The number of rotatable bonds is 2. The van der Waals surface area contributed by atoms with Gasteiger partial charge in [0.1, 0.15) is 0 Å². The summed E-state index contributed by atoms with van der Waals surface area (Å²) in [5, 5.41) is 0. The second-order valence-corrected chi connectivity index (χ2v) is 7.20. The molecular weight excluding hydrogens is 260 g/mol. The van der Waals surface area contributed by atoms with E-state index in [2.05, 4.69) is 0 Å². The van der Waals surface area contributed by atoms with E-state index in [-0.39, 0.29) is 0 Å². The van der Waals surface area contributed by atoms with Crippen molar-refractivity contribution in [1.29, 1.82) is 0 Å². The van der Waals surface area contributed by atoms with Gasteiger partial charge in [0, 0.05) is 18.8 Å². The Hall–Kier alpha value is -1.07.